The van der Waals surface area contributed by atoms with E-state index < -0.39 is 27.6 Å². The summed E-state index contributed by atoms with van der Waals surface area (Å²) in [6.07, 6.45) is 18.6. The Morgan fingerprint density at radius 3 is 1.70 bits per heavy atom. The molecule has 5 aromatic rings. The second kappa shape index (κ2) is 26.7. The minimum atomic E-state index is -3.93. The Morgan fingerprint density at radius 2 is 1.11 bits per heavy atom. The number of para-hydroxylation sites is 1. The van der Waals surface area contributed by atoms with Gasteiger partial charge in [-0.1, -0.05) is 169 Å². The van der Waals surface area contributed by atoms with Gasteiger partial charge in [0, 0.05) is 5.02 Å². The molecule has 0 aromatic heterocycles. The van der Waals surface area contributed by atoms with Gasteiger partial charge in [-0.05, 0) is 90.8 Å². The number of benzene rings is 5. The van der Waals surface area contributed by atoms with Gasteiger partial charge in [0.05, 0.1) is 32.7 Å². The molecule has 5 aromatic carbocycles. The number of sulfone groups is 1. The number of carbonyl (C=O) groups excluding carboxylic acids is 2. The lowest BCUT2D eigenvalue weighted by molar-refractivity contribution is -0.120. The van der Waals surface area contributed by atoms with Crippen LogP contribution in [0.5, 0.6) is 17.2 Å². The van der Waals surface area contributed by atoms with Gasteiger partial charge in [-0.3, -0.25) is 9.59 Å². The monoisotopic (exact) mass is 913 g/mol. The van der Waals surface area contributed by atoms with Crippen LogP contribution in [-0.2, 0) is 21.2 Å². The maximum atomic E-state index is 14.3. The van der Waals surface area contributed by atoms with Crippen molar-refractivity contribution in [2.75, 3.05) is 11.9 Å². The van der Waals surface area contributed by atoms with Crippen LogP contribution in [0.2, 0.25) is 10.0 Å². The molecule has 0 heterocycles. The Hall–Kier alpha value is -4.83. The average molecular weight is 915 g/mol. The number of nitrogens with one attached hydrogen (secondary N) is 1. The molecule has 0 saturated heterocycles. The predicted octanol–water partition coefficient (Wildman–Crippen LogP) is 14.3. The molecule has 0 aliphatic rings. The van der Waals surface area contributed by atoms with Crippen molar-refractivity contribution in [1.82, 2.24) is 0 Å². The highest BCUT2D eigenvalue weighted by Gasteiger charge is 2.33. The summed E-state index contributed by atoms with van der Waals surface area (Å²) in [5.41, 5.74) is 1.35. The average Bonchev–Trinajstić information content (AvgIpc) is 3.30. The van der Waals surface area contributed by atoms with Crippen molar-refractivity contribution >= 4 is 50.4 Å². The van der Waals surface area contributed by atoms with Gasteiger partial charge in [0.2, 0.25) is 21.7 Å². The van der Waals surface area contributed by atoms with Crippen LogP contribution in [0.3, 0.4) is 0 Å². The van der Waals surface area contributed by atoms with E-state index in [-0.39, 0.29) is 31.8 Å². The van der Waals surface area contributed by atoms with Gasteiger partial charge < -0.3 is 19.5 Å². The number of ether oxygens (including phenoxy) is 3. The first-order valence-electron chi connectivity index (χ1n) is 22.5. The maximum absolute atomic E-state index is 14.3. The Bertz CT molecular complexity index is 2250. The van der Waals surface area contributed by atoms with Crippen LogP contribution >= 0.6 is 23.2 Å². The van der Waals surface area contributed by atoms with Gasteiger partial charge in [0.15, 0.2) is 0 Å². The molecular weight excluding hydrogens is 854 g/mol. The van der Waals surface area contributed by atoms with Crippen LogP contribution in [0, 0.1) is 0 Å². The molecule has 0 aliphatic carbocycles. The van der Waals surface area contributed by atoms with E-state index >= 15 is 0 Å². The number of unbranched alkanes of at least 4 members (excludes halogenated alkanes) is 15. The smallest absolute Gasteiger partial charge is 0.273 e. The summed E-state index contributed by atoms with van der Waals surface area (Å²) in [5, 5.41) is 3.22. The van der Waals surface area contributed by atoms with Gasteiger partial charge >= 0.3 is 0 Å². The molecule has 8 nitrogen and oxygen atoms in total. The van der Waals surface area contributed by atoms with Crippen molar-refractivity contribution in [1.29, 1.82) is 0 Å². The van der Waals surface area contributed by atoms with Gasteiger partial charge in [0.25, 0.3) is 5.91 Å². The van der Waals surface area contributed by atoms with Crippen LogP contribution in [0.15, 0.2) is 131 Å². The SMILES string of the molecule is CCCCCCCCCCCCCCCCCCOc1ccccc1C(=O)[C@H](Oc1ccc(S(=O)(=O)c2ccc(OCc3ccccc3)cc2)cc1)C(=O)Nc1cc(Cl)ccc1Cl. The van der Waals surface area contributed by atoms with E-state index in [0.29, 0.717) is 29.7 Å². The standard InChI is InChI=1S/C52H61Cl2NO7S/c1-2-3-4-5-6-7-8-9-10-11-12-13-14-15-16-22-37-60-49-26-21-20-25-46(49)50(56)51(52(57)55-48-38-41(53)27-36-47(48)54)62-43-30-34-45(35-31-43)63(58,59)44-32-28-42(29-33-44)61-39-40-23-18-17-19-24-40/h17-21,23-36,38,51H,2-16,22,37,39H2,1H3,(H,55,57)/t51-/m0/s1. The fourth-order valence-electron chi connectivity index (χ4n) is 7.21. The van der Waals surface area contributed by atoms with E-state index in [1.54, 1.807) is 42.5 Å². The van der Waals surface area contributed by atoms with Crippen molar-refractivity contribution in [2.45, 2.75) is 132 Å². The molecule has 63 heavy (non-hydrogen) atoms. The molecule has 0 aliphatic heterocycles. The minimum Gasteiger partial charge on any atom is -0.493 e. The summed E-state index contributed by atoms with van der Waals surface area (Å²) >= 11 is 12.6. The van der Waals surface area contributed by atoms with E-state index in [0.717, 1.165) is 24.8 Å². The van der Waals surface area contributed by atoms with Gasteiger partial charge in [-0.25, -0.2) is 8.42 Å². The lowest BCUT2D eigenvalue weighted by Gasteiger charge is -2.20. The molecular formula is C52H61Cl2NO7S. The number of rotatable bonds is 29. The molecule has 0 bridgehead atoms. The summed E-state index contributed by atoms with van der Waals surface area (Å²) in [7, 11) is -3.93. The molecule has 0 spiro atoms. The van der Waals surface area contributed by atoms with E-state index in [1.807, 2.05) is 30.3 Å². The number of hydrogen-bond donors (Lipinski definition) is 1. The number of carbonyl (C=O) groups is 2. The van der Waals surface area contributed by atoms with E-state index in [1.165, 1.54) is 132 Å². The first kappa shape index (κ1) is 49.2. The fraction of sp³-hybridized carbons (Fsp3) is 0.385. The summed E-state index contributed by atoms with van der Waals surface area (Å²) < 4.78 is 45.2. The first-order chi connectivity index (χ1) is 30.7. The lowest BCUT2D eigenvalue weighted by atomic mass is 10.0. The first-order valence-corrected chi connectivity index (χ1v) is 24.7. The lowest BCUT2D eigenvalue weighted by Crippen LogP contribution is -2.40. The van der Waals surface area contributed by atoms with Crippen molar-refractivity contribution in [3.8, 4) is 17.2 Å². The van der Waals surface area contributed by atoms with E-state index in [4.69, 9.17) is 37.4 Å². The zero-order chi connectivity index (χ0) is 44.7. The number of anilines is 1. The van der Waals surface area contributed by atoms with Crippen LogP contribution in [0.4, 0.5) is 5.69 Å². The number of Topliss-reactive ketones (excluding diaryl/α,β-unsaturated/α-hetero) is 1. The van der Waals surface area contributed by atoms with Gasteiger partial charge in [-0.2, -0.15) is 0 Å². The van der Waals surface area contributed by atoms with Crippen LogP contribution in [0.1, 0.15) is 126 Å². The van der Waals surface area contributed by atoms with E-state index in [9.17, 15) is 18.0 Å². The third kappa shape index (κ3) is 16.3. The van der Waals surface area contributed by atoms with E-state index in [2.05, 4.69) is 12.2 Å². The highest BCUT2D eigenvalue weighted by molar-refractivity contribution is 7.91. The van der Waals surface area contributed by atoms with Crippen LogP contribution in [-0.4, -0.2) is 32.8 Å². The fourth-order valence-corrected chi connectivity index (χ4v) is 8.81. The number of amides is 1. The Morgan fingerprint density at radius 1 is 0.587 bits per heavy atom. The Kier molecular flexibility index (Phi) is 20.9. The highest BCUT2D eigenvalue weighted by atomic mass is 35.5. The Labute approximate surface area is 384 Å². The van der Waals surface area contributed by atoms with Crippen molar-refractivity contribution in [3.05, 3.63) is 142 Å². The number of halogens is 2. The third-order valence-electron chi connectivity index (χ3n) is 10.8. The zero-order valence-electron chi connectivity index (χ0n) is 36.4. The molecule has 5 rings (SSSR count). The summed E-state index contributed by atoms with van der Waals surface area (Å²) in [6, 6.07) is 32.7. The molecule has 0 radical (unpaired) electrons. The normalized spacial score (nSPS) is 11.8. The topological polar surface area (TPSA) is 108 Å². The van der Waals surface area contributed by atoms with Gasteiger partial charge in [-0.15, -0.1) is 0 Å². The number of ketones is 1. The molecule has 1 amide bonds. The summed E-state index contributed by atoms with van der Waals surface area (Å²) in [6.45, 7) is 3.02. The van der Waals surface area contributed by atoms with Crippen LogP contribution < -0.4 is 19.5 Å². The summed E-state index contributed by atoms with van der Waals surface area (Å²) in [4.78, 5) is 28.2. The second-order valence-electron chi connectivity index (χ2n) is 15.8. The molecule has 11 heteroatoms. The molecule has 1 N–H and O–H groups in total. The van der Waals surface area contributed by atoms with Crippen LogP contribution in [0.25, 0.3) is 0 Å². The molecule has 0 unspecified atom stereocenters. The largest absolute Gasteiger partial charge is 0.493 e. The van der Waals surface area contributed by atoms with Crippen molar-refractivity contribution < 1.29 is 32.2 Å². The second-order valence-corrected chi connectivity index (χ2v) is 18.6. The quantitative estimate of drug-likeness (QED) is 0.0289. The van der Waals surface area contributed by atoms with Gasteiger partial charge in [0.1, 0.15) is 23.9 Å². The minimum absolute atomic E-state index is 0.00123. The van der Waals surface area contributed by atoms with Crippen molar-refractivity contribution in [3.63, 3.8) is 0 Å². The zero-order valence-corrected chi connectivity index (χ0v) is 38.7. The molecule has 0 saturated carbocycles. The summed E-state index contributed by atoms with van der Waals surface area (Å²) in [5.74, 6) is -0.497. The number of hydrogen-bond acceptors (Lipinski definition) is 7. The predicted molar refractivity (Wildman–Crippen MR) is 254 cm³/mol. The third-order valence-corrected chi connectivity index (χ3v) is 13.2. The molecule has 336 valence electrons. The highest BCUT2D eigenvalue weighted by Crippen LogP contribution is 2.30. The molecule has 1 atom stereocenters. The Balaban J connectivity index is 1.16. The van der Waals surface area contributed by atoms with Crippen molar-refractivity contribution in [2.24, 2.45) is 0 Å². The maximum Gasteiger partial charge on any atom is 0.273 e. The molecule has 0 fully saturated rings.